The SMILES string of the molecule is COC(=O)C1CN(C(=O)CN)CCN1C(=O)OCc1ccccc1. The summed E-state index contributed by atoms with van der Waals surface area (Å²) in [6, 6.07) is 8.33. The number of benzene rings is 1. The van der Waals surface area contributed by atoms with E-state index in [-0.39, 0.29) is 32.1 Å². The Labute approximate surface area is 140 Å². The van der Waals surface area contributed by atoms with Crippen LogP contribution in [0.25, 0.3) is 0 Å². The average Bonchev–Trinajstić information content (AvgIpc) is 2.65. The summed E-state index contributed by atoms with van der Waals surface area (Å²) in [5.41, 5.74) is 6.20. The molecule has 1 aliphatic heterocycles. The van der Waals surface area contributed by atoms with E-state index in [1.807, 2.05) is 30.3 Å². The van der Waals surface area contributed by atoms with E-state index in [4.69, 9.17) is 15.2 Å². The lowest BCUT2D eigenvalue weighted by Crippen LogP contribution is -2.60. The maximum absolute atomic E-state index is 12.3. The first-order chi connectivity index (χ1) is 11.6. The fraction of sp³-hybridized carbons (Fsp3) is 0.438. The van der Waals surface area contributed by atoms with Crippen molar-refractivity contribution in [2.75, 3.05) is 33.3 Å². The van der Waals surface area contributed by atoms with Crippen molar-refractivity contribution in [1.29, 1.82) is 0 Å². The minimum atomic E-state index is -0.900. The molecule has 1 saturated heterocycles. The summed E-state index contributed by atoms with van der Waals surface area (Å²) in [6.45, 7) is 0.480. The first kappa shape index (κ1) is 17.7. The third-order valence-electron chi connectivity index (χ3n) is 3.82. The molecule has 0 bridgehead atoms. The molecule has 1 aromatic carbocycles. The number of piperazine rings is 1. The Balaban J connectivity index is 2.02. The van der Waals surface area contributed by atoms with Crippen LogP contribution < -0.4 is 5.73 Å². The lowest BCUT2D eigenvalue weighted by Gasteiger charge is -2.38. The molecule has 0 saturated carbocycles. The molecule has 1 fully saturated rings. The Morgan fingerprint density at radius 3 is 2.54 bits per heavy atom. The summed E-state index contributed by atoms with van der Waals surface area (Å²) in [5.74, 6) is -0.873. The maximum atomic E-state index is 12.3. The number of rotatable bonds is 4. The van der Waals surface area contributed by atoms with Crippen LogP contribution in [0.2, 0.25) is 0 Å². The highest BCUT2D eigenvalue weighted by Gasteiger charge is 2.38. The van der Waals surface area contributed by atoms with Gasteiger partial charge in [0.2, 0.25) is 5.91 Å². The fourth-order valence-electron chi connectivity index (χ4n) is 2.50. The van der Waals surface area contributed by atoms with Crippen molar-refractivity contribution in [3.63, 3.8) is 0 Å². The number of hydrogen-bond acceptors (Lipinski definition) is 6. The molecule has 8 heteroatoms. The van der Waals surface area contributed by atoms with Crippen LogP contribution in [0.15, 0.2) is 30.3 Å². The number of carbonyl (C=O) groups is 3. The van der Waals surface area contributed by atoms with E-state index in [9.17, 15) is 14.4 Å². The fourth-order valence-corrected chi connectivity index (χ4v) is 2.50. The molecule has 2 N–H and O–H groups in total. The zero-order chi connectivity index (χ0) is 17.5. The van der Waals surface area contributed by atoms with Gasteiger partial charge in [-0.3, -0.25) is 9.69 Å². The van der Waals surface area contributed by atoms with Crippen molar-refractivity contribution in [2.45, 2.75) is 12.6 Å². The predicted molar refractivity (Wildman–Crippen MR) is 84.8 cm³/mol. The van der Waals surface area contributed by atoms with Crippen molar-refractivity contribution in [1.82, 2.24) is 9.80 Å². The third-order valence-corrected chi connectivity index (χ3v) is 3.82. The Morgan fingerprint density at radius 1 is 1.21 bits per heavy atom. The van der Waals surface area contributed by atoms with Crippen LogP contribution in [-0.2, 0) is 25.7 Å². The van der Waals surface area contributed by atoms with Crippen molar-refractivity contribution >= 4 is 18.0 Å². The Hall–Kier alpha value is -2.61. The number of carbonyl (C=O) groups excluding carboxylic acids is 3. The maximum Gasteiger partial charge on any atom is 0.410 e. The number of ether oxygens (including phenoxy) is 2. The molecular formula is C16H21N3O5. The van der Waals surface area contributed by atoms with E-state index in [1.54, 1.807) is 0 Å². The number of nitrogens with zero attached hydrogens (tertiary/aromatic N) is 2. The largest absolute Gasteiger partial charge is 0.467 e. The molecular weight excluding hydrogens is 314 g/mol. The van der Waals surface area contributed by atoms with Crippen molar-refractivity contribution in [3.05, 3.63) is 35.9 Å². The highest BCUT2D eigenvalue weighted by molar-refractivity contribution is 5.84. The number of amides is 2. The second-order valence-electron chi connectivity index (χ2n) is 5.32. The first-order valence-corrected chi connectivity index (χ1v) is 7.59. The van der Waals surface area contributed by atoms with E-state index in [0.717, 1.165) is 5.56 Å². The predicted octanol–water partition coefficient (Wildman–Crippen LogP) is -0.0323. The summed E-state index contributed by atoms with van der Waals surface area (Å²) < 4.78 is 10.0. The van der Waals surface area contributed by atoms with E-state index in [0.29, 0.717) is 6.54 Å². The molecule has 1 aliphatic rings. The van der Waals surface area contributed by atoms with Gasteiger partial charge in [0.25, 0.3) is 0 Å². The van der Waals surface area contributed by atoms with Crippen LogP contribution in [0.5, 0.6) is 0 Å². The summed E-state index contributed by atoms with van der Waals surface area (Å²) in [7, 11) is 1.24. The van der Waals surface area contributed by atoms with E-state index >= 15 is 0 Å². The van der Waals surface area contributed by atoms with Crippen LogP contribution in [0, 0.1) is 0 Å². The number of hydrogen-bond donors (Lipinski definition) is 1. The van der Waals surface area contributed by atoms with Gasteiger partial charge in [-0.2, -0.15) is 0 Å². The van der Waals surface area contributed by atoms with Gasteiger partial charge in [-0.15, -0.1) is 0 Å². The summed E-state index contributed by atoms with van der Waals surface area (Å²) >= 11 is 0. The van der Waals surface area contributed by atoms with Gasteiger partial charge < -0.3 is 20.1 Å². The van der Waals surface area contributed by atoms with Gasteiger partial charge in [0, 0.05) is 13.1 Å². The van der Waals surface area contributed by atoms with Crippen LogP contribution in [0.4, 0.5) is 4.79 Å². The molecule has 0 aliphatic carbocycles. The zero-order valence-corrected chi connectivity index (χ0v) is 13.5. The molecule has 1 aromatic rings. The second-order valence-corrected chi connectivity index (χ2v) is 5.32. The summed E-state index contributed by atoms with van der Waals surface area (Å²) in [6.07, 6.45) is -0.617. The lowest BCUT2D eigenvalue weighted by atomic mass is 10.1. The smallest absolute Gasteiger partial charge is 0.410 e. The molecule has 1 unspecified atom stereocenters. The molecule has 2 rings (SSSR count). The zero-order valence-electron chi connectivity index (χ0n) is 13.5. The highest BCUT2D eigenvalue weighted by atomic mass is 16.6. The quantitative estimate of drug-likeness (QED) is 0.775. The molecule has 1 heterocycles. The highest BCUT2D eigenvalue weighted by Crippen LogP contribution is 2.14. The van der Waals surface area contributed by atoms with Crippen LogP contribution >= 0.6 is 0 Å². The van der Waals surface area contributed by atoms with E-state index in [2.05, 4.69) is 0 Å². The molecule has 2 amide bonds. The van der Waals surface area contributed by atoms with Gasteiger partial charge in [-0.25, -0.2) is 9.59 Å². The summed E-state index contributed by atoms with van der Waals surface area (Å²) in [4.78, 5) is 38.7. The molecule has 24 heavy (non-hydrogen) atoms. The average molecular weight is 335 g/mol. The van der Waals surface area contributed by atoms with Gasteiger partial charge >= 0.3 is 12.1 Å². The van der Waals surface area contributed by atoms with Crippen LogP contribution in [-0.4, -0.2) is 67.1 Å². The Kier molecular flexibility index (Phi) is 6.14. The minimum Gasteiger partial charge on any atom is -0.467 e. The van der Waals surface area contributed by atoms with E-state index < -0.39 is 18.1 Å². The van der Waals surface area contributed by atoms with E-state index in [1.165, 1.54) is 16.9 Å². The van der Waals surface area contributed by atoms with Crippen molar-refractivity contribution < 1.29 is 23.9 Å². The monoisotopic (exact) mass is 335 g/mol. The van der Waals surface area contributed by atoms with Gasteiger partial charge in [0.15, 0.2) is 6.04 Å². The lowest BCUT2D eigenvalue weighted by molar-refractivity contribution is -0.150. The topological polar surface area (TPSA) is 102 Å². The van der Waals surface area contributed by atoms with Crippen LogP contribution in [0.1, 0.15) is 5.56 Å². The normalized spacial score (nSPS) is 17.3. The molecule has 0 spiro atoms. The number of esters is 1. The molecule has 0 aromatic heterocycles. The summed E-state index contributed by atoms with van der Waals surface area (Å²) in [5, 5.41) is 0. The molecule has 0 radical (unpaired) electrons. The number of nitrogens with two attached hydrogens (primary N) is 1. The standard InChI is InChI=1S/C16H21N3O5/c1-23-15(21)13-10-18(14(20)9-17)7-8-19(13)16(22)24-11-12-5-3-2-4-6-12/h2-6,13H,7-11,17H2,1H3. The first-order valence-electron chi connectivity index (χ1n) is 7.59. The van der Waals surface area contributed by atoms with Gasteiger partial charge in [0.05, 0.1) is 20.2 Å². The third kappa shape index (κ3) is 4.23. The van der Waals surface area contributed by atoms with Crippen molar-refractivity contribution in [2.24, 2.45) is 5.73 Å². The Morgan fingerprint density at radius 2 is 1.92 bits per heavy atom. The van der Waals surface area contributed by atoms with Gasteiger partial charge in [-0.1, -0.05) is 30.3 Å². The van der Waals surface area contributed by atoms with Gasteiger partial charge in [-0.05, 0) is 5.56 Å². The second kappa shape index (κ2) is 8.30. The molecule has 1 atom stereocenters. The minimum absolute atomic E-state index is 0.0448. The van der Waals surface area contributed by atoms with Crippen molar-refractivity contribution in [3.8, 4) is 0 Å². The van der Waals surface area contributed by atoms with Gasteiger partial charge in [0.1, 0.15) is 6.61 Å². The molecule has 8 nitrogen and oxygen atoms in total. The molecule has 130 valence electrons. The Bertz CT molecular complexity index is 593. The van der Waals surface area contributed by atoms with Crippen LogP contribution in [0.3, 0.4) is 0 Å². The number of methoxy groups -OCH3 is 1.